The molecule has 1 aromatic carbocycles. The van der Waals surface area contributed by atoms with Gasteiger partial charge in [-0.05, 0) is 24.3 Å². The minimum absolute atomic E-state index is 0.342. The number of rotatable bonds is 5. The van der Waals surface area contributed by atoms with Crippen LogP contribution in [0.1, 0.15) is 17.3 Å². The molecule has 0 saturated carbocycles. The number of amides is 1. The first kappa shape index (κ1) is 13.0. The van der Waals surface area contributed by atoms with E-state index in [1.165, 1.54) is 12.1 Å². The van der Waals surface area contributed by atoms with E-state index in [9.17, 15) is 13.2 Å². The van der Waals surface area contributed by atoms with Gasteiger partial charge in [-0.3, -0.25) is 4.79 Å². The Morgan fingerprint density at radius 1 is 1.38 bits per heavy atom. The predicted octanol–water partition coefficient (Wildman–Crippen LogP) is 0.732. The van der Waals surface area contributed by atoms with Crippen molar-refractivity contribution in [3.05, 3.63) is 29.8 Å². The number of hydrogen-bond acceptors (Lipinski definition) is 4. The molecule has 0 aliphatic carbocycles. The van der Waals surface area contributed by atoms with Crippen molar-refractivity contribution in [3.63, 3.8) is 0 Å². The summed E-state index contributed by atoms with van der Waals surface area (Å²) in [6.07, 6.45) is 0. The smallest absolute Gasteiger partial charge is 0.269 e. The quantitative estimate of drug-likeness (QED) is 0.764. The minimum atomic E-state index is -3.37. The highest BCUT2D eigenvalue weighted by Crippen LogP contribution is 2.23. The molecular formula is C9H12N2O3S2. The molecule has 0 aliphatic heterocycles. The maximum absolute atomic E-state index is 11.4. The van der Waals surface area contributed by atoms with Crippen LogP contribution in [0.3, 0.4) is 0 Å². The molecule has 3 N–H and O–H groups in total. The molecule has 0 heterocycles. The van der Waals surface area contributed by atoms with E-state index < -0.39 is 15.0 Å². The van der Waals surface area contributed by atoms with E-state index in [1.807, 2.05) is 0 Å². The van der Waals surface area contributed by atoms with Crippen LogP contribution in [0.4, 0.5) is 0 Å². The molecular weight excluding hydrogens is 248 g/mol. The maximum atomic E-state index is 11.4. The van der Waals surface area contributed by atoms with E-state index in [0.717, 1.165) is 0 Å². The highest BCUT2D eigenvalue weighted by Gasteiger charge is 2.11. The second-order valence-corrected chi connectivity index (χ2v) is 6.58. The van der Waals surface area contributed by atoms with Gasteiger partial charge in [0.25, 0.3) is 9.06 Å². The fraction of sp³-hybridized carbons (Fsp3) is 0.222. The zero-order valence-electron chi connectivity index (χ0n) is 8.64. The van der Waals surface area contributed by atoms with Crippen LogP contribution in [-0.4, -0.2) is 20.9 Å². The molecule has 0 unspecified atom stereocenters. The molecule has 88 valence electrons. The summed E-state index contributed by atoms with van der Waals surface area (Å²) in [4.78, 5) is 11.3. The van der Waals surface area contributed by atoms with Crippen molar-refractivity contribution in [1.29, 1.82) is 0 Å². The molecule has 0 aromatic heterocycles. The Balaban J connectivity index is 2.80. The summed E-state index contributed by atoms with van der Waals surface area (Å²) in [6.45, 7) is 2.04. The lowest BCUT2D eigenvalue weighted by Gasteiger charge is -2.03. The van der Waals surface area contributed by atoms with E-state index in [-0.39, 0.29) is 0 Å². The summed E-state index contributed by atoms with van der Waals surface area (Å²) in [5, 5.41) is 0. The van der Waals surface area contributed by atoms with Crippen molar-refractivity contribution in [2.24, 2.45) is 5.73 Å². The highest BCUT2D eigenvalue weighted by molar-refractivity contribution is 8.71. The molecule has 0 spiro atoms. The molecule has 0 fully saturated rings. The summed E-state index contributed by atoms with van der Waals surface area (Å²) >= 11 is 0. The van der Waals surface area contributed by atoms with Crippen molar-refractivity contribution in [1.82, 2.24) is 4.72 Å². The van der Waals surface area contributed by atoms with E-state index in [2.05, 4.69) is 4.72 Å². The zero-order valence-corrected chi connectivity index (χ0v) is 10.3. The molecule has 0 bridgehead atoms. The number of hydrogen-bond donors (Lipinski definition) is 2. The second kappa shape index (κ2) is 5.33. The van der Waals surface area contributed by atoms with Crippen LogP contribution in [0.2, 0.25) is 0 Å². The average molecular weight is 260 g/mol. The van der Waals surface area contributed by atoms with Crippen molar-refractivity contribution in [2.75, 3.05) is 6.54 Å². The topological polar surface area (TPSA) is 89.3 Å². The Morgan fingerprint density at radius 2 is 1.94 bits per heavy atom. The van der Waals surface area contributed by atoms with Crippen LogP contribution in [-0.2, 0) is 9.06 Å². The third-order valence-corrected chi connectivity index (χ3v) is 4.58. The molecule has 0 saturated heterocycles. The first-order chi connectivity index (χ1) is 7.44. The van der Waals surface area contributed by atoms with Gasteiger partial charge in [0.1, 0.15) is 0 Å². The normalized spacial score (nSPS) is 11.3. The summed E-state index contributed by atoms with van der Waals surface area (Å²) < 4.78 is 25.1. The lowest BCUT2D eigenvalue weighted by Crippen LogP contribution is -2.19. The molecule has 5 nitrogen and oxygen atoms in total. The van der Waals surface area contributed by atoms with Crippen LogP contribution in [0.15, 0.2) is 29.2 Å². The summed E-state index contributed by atoms with van der Waals surface area (Å²) in [5.74, 6) is -0.536. The number of nitrogens with two attached hydrogens (primary N) is 1. The van der Waals surface area contributed by atoms with Gasteiger partial charge < -0.3 is 5.73 Å². The van der Waals surface area contributed by atoms with Crippen molar-refractivity contribution < 1.29 is 13.2 Å². The second-order valence-electron chi connectivity index (χ2n) is 2.92. The molecule has 1 amide bonds. The van der Waals surface area contributed by atoms with Crippen LogP contribution < -0.4 is 10.5 Å². The first-order valence-electron chi connectivity index (χ1n) is 4.53. The lowest BCUT2D eigenvalue weighted by molar-refractivity contribution is 0.1000. The van der Waals surface area contributed by atoms with Crippen molar-refractivity contribution in [3.8, 4) is 0 Å². The van der Waals surface area contributed by atoms with E-state index >= 15 is 0 Å². The SMILES string of the molecule is CCNS(=O)(=O)Sc1ccc(C(N)=O)cc1. The monoisotopic (exact) mass is 260 g/mol. The fourth-order valence-corrected chi connectivity index (χ4v) is 3.54. The van der Waals surface area contributed by atoms with Gasteiger partial charge in [-0.1, -0.05) is 6.92 Å². The molecule has 0 atom stereocenters. The van der Waals surface area contributed by atoms with Crippen LogP contribution in [0.25, 0.3) is 0 Å². The van der Waals surface area contributed by atoms with E-state index in [0.29, 0.717) is 27.8 Å². The van der Waals surface area contributed by atoms with Gasteiger partial charge >= 0.3 is 0 Å². The third kappa shape index (κ3) is 3.84. The summed E-state index contributed by atoms with van der Waals surface area (Å²) in [5.41, 5.74) is 5.41. The Labute approximate surface area is 97.9 Å². The van der Waals surface area contributed by atoms with E-state index in [4.69, 9.17) is 5.73 Å². The Morgan fingerprint density at radius 3 is 2.38 bits per heavy atom. The molecule has 16 heavy (non-hydrogen) atoms. The molecule has 0 radical (unpaired) electrons. The summed E-state index contributed by atoms with van der Waals surface area (Å²) in [7, 11) is -2.67. The molecule has 7 heteroatoms. The van der Waals surface area contributed by atoms with Gasteiger partial charge in [-0.15, -0.1) is 0 Å². The van der Waals surface area contributed by atoms with Gasteiger partial charge in [0.15, 0.2) is 0 Å². The highest BCUT2D eigenvalue weighted by atomic mass is 33.1. The Kier molecular flexibility index (Phi) is 4.34. The van der Waals surface area contributed by atoms with Crippen LogP contribution >= 0.6 is 10.8 Å². The average Bonchev–Trinajstić information content (AvgIpc) is 2.17. The first-order valence-corrected chi connectivity index (χ1v) is 7.35. The standard InChI is InChI=1S/C9H12N2O3S2/c1-2-11-16(13,14)15-8-5-3-7(4-6-8)9(10)12/h3-6,11H,2H2,1H3,(H2,10,12). The fourth-order valence-electron chi connectivity index (χ4n) is 1.01. The van der Waals surface area contributed by atoms with Gasteiger partial charge in [0.05, 0.1) is 0 Å². The number of nitrogens with one attached hydrogen (secondary N) is 1. The third-order valence-electron chi connectivity index (χ3n) is 1.67. The van der Waals surface area contributed by atoms with Gasteiger partial charge in [0.2, 0.25) is 5.91 Å². The zero-order chi connectivity index (χ0) is 12.2. The van der Waals surface area contributed by atoms with Crippen LogP contribution in [0, 0.1) is 0 Å². The summed E-state index contributed by atoms with van der Waals surface area (Å²) in [6, 6.07) is 6.07. The van der Waals surface area contributed by atoms with Crippen molar-refractivity contribution >= 4 is 25.8 Å². The number of carbonyl (C=O) groups is 1. The Hall–Kier alpha value is -1.05. The van der Waals surface area contributed by atoms with Gasteiger partial charge in [-0.2, -0.15) is 0 Å². The largest absolute Gasteiger partial charge is 0.366 e. The Bertz CT molecular complexity index is 468. The van der Waals surface area contributed by atoms with Gasteiger partial charge in [0, 0.05) is 27.8 Å². The van der Waals surface area contributed by atoms with Crippen LogP contribution in [0.5, 0.6) is 0 Å². The maximum Gasteiger partial charge on any atom is 0.269 e. The van der Waals surface area contributed by atoms with Gasteiger partial charge in [-0.25, -0.2) is 13.1 Å². The number of benzene rings is 1. The molecule has 1 aromatic rings. The van der Waals surface area contributed by atoms with E-state index in [1.54, 1.807) is 19.1 Å². The lowest BCUT2D eigenvalue weighted by atomic mass is 10.2. The molecule has 0 aliphatic rings. The number of primary amides is 1. The molecule has 1 rings (SSSR count). The number of carbonyl (C=O) groups excluding carboxylic acids is 1. The minimum Gasteiger partial charge on any atom is -0.366 e. The predicted molar refractivity (Wildman–Crippen MR) is 63.4 cm³/mol. The van der Waals surface area contributed by atoms with Crippen molar-refractivity contribution in [2.45, 2.75) is 11.8 Å².